The fourth-order valence-corrected chi connectivity index (χ4v) is 2.29. The van der Waals surface area contributed by atoms with Gasteiger partial charge in [-0.2, -0.15) is 10.2 Å². The van der Waals surface area contributed by atoms with Crippen molar-refractivity contribution < 1.29 is 9.53 Å². The summed E-state index contributed by atoms with van der Waals surface area (Å²) in [5.74, 6) is -0.356. The summed E-state index contributed by atoms with van der Waals surface area (Å²) in [6.45, 7) is 4.67. The van der Waals surface area contributed by atoms with Gasteiger partial charge in [-0.25, -0.2) is 19.1 Å². The molecule has 7 nitrogen and oxygen atoms in total. The molecule has 0 aliphatic heterocycles. The highest BCUT2D eigenvalue weighted by Crippen LogP contribution is 2.13. The Balaban J connectivity index is 1.62. The van der Waals surface area contributed by atoms with Crippen LogP contribution >= 0.6 is 0 Å². The summed E-state index contributed by atoms with van der Waals surface area (Å²) in [7, 11) is 0. The average Bonchev–Trinajstić information content (AvgIpc) is 3.17. The van der Waals surface area contributed by atoms with Crippen LogP contribution < -0.4 is 0 Å². The van der Waals surface area contributed by atoms with Crippen molar-refractivity contribution in [2.24, 2.45) is 0 Å². The summed E-state index contributed by atoms with van der Waals surface area (Å²) >= 11 is 0. The van der Waals surface area contributed by atoms with Crippen LogP contribution in [0.5, 0.6) is 0 Å². The van der Waals surface area contributed by atoms with Gasteiger partial charge in [-0.15, -0.1) is 0 Å². The Hall–Kier alpha value is -2.96. The monoisotopic (exact) mass is 311 g/mol. The summed E-state index contributed by atoms with van der Waals surface area (Å²) in [6.07, 6.45) is 3.02. The van der Waals surface area contributed by atoms with Crippen LogP contribution in [0, 0.1) is 13.8 Å². The van der Waals surface area contributed by atoms with E-state index in [9.17, 15) is 4.79 Å². The minimum atomic E-state index is -0.356. The number of benzene rings is 1. The van der Waals surface area contributed by atoms with E-state index in [2.05, 4.69) is 15.2 Å². The number of hydrogen-bond donors (Lipinski definition) is 0. The lowest BCUT2D eigenvalue weighted by atomic mass is 10.2. The highest BCUT2D eigenvalue weighted by molar-refractivity contribution is 5.89. The van der Waals surface area contributed by atoms with Gasteiger partial charge >= 0.3 is 5.97 Å². The van der Waals surface area contributed by atoms with E-state index < -0.39 is 0 Å². The van der Waals surface area contributed by atoms with E-state index in [1.165, 1.54) is 6.33 Å². The molecule has 0 atom stereocenters. The number of ether oxygens (including phenoxy) is 1. The summed E-state index contributed by atoms with van der Waals surface area (Å²) in [5, 5.41) is 8.36. The van der Waals surface area contributed by atoms with Crippen LogP contribution in [-0.2, 0) is 11.3 Å². The Labute approximate surface area is 133 Å². The molecule has 0 saturated heterocycles. The Morgan fingerprint density at radius 2 is 2.00 bits per heavy atom. The van der Waals surface area contributed by atoms with Gasteiger partial charge in [0.15, 0.2) is 0 Å². The first-order chi connectivity index (χ1) is 11.1. The quantitative estimate of drug-likeness (QED) is 0.673. The van der Waals surface area contributed by atoms with E-state index in [-0.39, 0.29) is 12.6 Å². The van der Waals surface area contributed by atoms with E-state index in [1.54, 1.807) is 23.1 Å². The molecule has 0 N–H and O–H groups in total. The van der Waals surface area contributed by atoms with Crippen LogP contribution in [0.4, 0.5) is 0 Å². The molecule has 0 fully saturated rings. The summed E-state index contributed by atoms with van der Waals surface area (Å²) < 4.78 is 8.68. The summed E-state index contributed by atoms with van der Waals surface area (Å²) in [6, 6.07) is 9.19. The molecule has 0 unspecified atom stereocenters. The van der Waals surface area contributed by atoms with Gasteiger partial charge in [0.1, 0.15) is 19.3 Å². The summed E-state index contributed by atoms with van der Waals surface area (Å²) in [5.41, 5.74) is 3.42. The maximum absolute atomic E-state index is 12.0. The molecule has 0 radical (unpaired) electrons. The minimum absolute atomic E-state index is 0.251. The lowest BCUT2D eigenvalue weighted by molar-refractivity contribution is 0.0487. The lowest BCUT2D eigenvalue weighted by Gasteiger charge is -2.07. The van der Waals surface area contributed by atoms with Crippen molar-refractivity contribution in [2.75, 3.05) is 6.61 Å². The molecule has 2 aromatic heterocycles. The number of rotatable bonds is 5. The number of carbonyl (C=O) groups is 1. The van der Waals surface area contributed by atoms with Gasteiger partial charge in [-0.3, -0.25) is 0 Å². The Morgan fingerprint density at radius 3 is 2.61 bits per heavy atom. The van der Waals surface area contributed by atoms with Gasteiger partial charge in [0.05, 0.1) is 23.5 Å². The van der Waals surface area contributed by atoms with Crippen molar-refractivity contribution >= 4 is 5.97 Å². The van der Waals surface area contributed by atoms with Gasteiger partial charge in [0, 0.05) is 5.69 Å². The fraction of sp³-hybridized carbons (Fsp3) is 0.250. The first kappa shape index (κ1) is 15.0. The van der Waals surface area contributed by atoms with Gasteiger partial charge in [-0.05, 0) is 44.2 Å². The predicted molar refractivity (Wildman–Crippen MR) is 83.3 cm³/mol. The standard InChI is InChI=1S/C16H17N5O2/c1-12-9-13(2)21(19-12)15-5-3-14(4-6-15)16(22)23-8-7-20-11-17-10-18-20/h3-6,9-11H,7-8H2,1-2H3. The van der Waals surface area contributed by atoms with Crippen LogP contribution in [-0.4, -0.2) is 37.1 Å². The van der Waals surface area contributed by atoms with Gasteiger partial charge in [0.2, 0.25) is 0 Å². The van der Waals surface area contributed by atoms with Crippen LogP contribution in [0.15, 0.2) is 43.0 Å². The third-order valence-electron chi connectivity index (χ3n) is 3.38. The molecule has 23 heavy (non-hydrogen) atoms. The smallest absolute Gasteiger partial charge is 0.338 e. The van der Waals surface area contributed by atoms with E-state index in [1.807, 2.05) is 36.7 Å². The molecule has 0 saturated carbocycles. The van der Waals surface area contributed by atoms with Crippen molar-refractivity contribution in [1.29, 1.82) is 0 Å². The average molecular weight is 311 g/mol. The van der Waals surface area contributed by atoms with E-state index in [0.717, 1.165) is 17.1 Å². The van der Waals surface area contributed by atoms with Crippen molar-refractivity contribution in [3.8, 4) is 5.69 Å². The topological polar surface area (TPSA) is 74.8 Å². The Morgan fingerprint density at radius 1 is 1.22 bits per heavy atom. The molecule has 2 heterocycles. The van der Waals surface area contributed by atoms with Gasteiger partial charge in [-0.1, -0.05) is 0 Å². The van der Waals surface area contributed by atoms with E-state index in [0.29, 0.717) is 12.1 Å². The molecule has 1 aromatic carbocycles. The second-order valence-corrected chi connectivity index (χ2v) is 5.18. The Bertz CT molecular complexity index is 791. The second-order valence-electron chi connectivity index (χ2n) is 5.18. The second kappa shape index (κ2) is 6.43. The van der Waals surface area contributed by atoms with Crippen LogP contribution in [0.25, 0.3) is 5.69 Å². The molecule has 0 aliphatic rings. The number of aromatic nitrogens is 5. The maximum Gasteiger partial charge on any atom is 0.338 e. The third kappa shape index (κ3) is 3.45. The van der Waals surface area contributed by atoms with Crippen molar-refractivity contribution in [3.05, 3.63) is 59.9 Å². The van der Waals surface area contributed by atoms with Crippen molar-refractivity contribution in [2.45, 2.75) is 20.4 Å². The first-order valence-electron chi connectivity index (χ1n) is 7.27. The molecule has 3 aromatic rings. The van der Waals surface area contributed by atoms with Crippen LogP contribution in [0.3, 0.4) is 0 Å². The number of carbonyl (C=O) groups excluding carboxylic acids is 1. The van der Waals surface area contributed by atoms with Crippen molar-refractivity contribution in [3.63, 3.8) is 0 Å². The number of aryl methyl sites for hydroxylation is 2. The molecular weight excluding hydrogens is 294 g/mol. The molecule has 0 aliphatic carbocycles. The van der Waals surface area contributed by atoms with Gasteiger partial charge < -0.3 is 4.74 Å². The van der Waals surface area contributed by atoms with E-state index in [4.69, 9.17) is 4.74 Å². The normalized spacial score (nSPS) is 10.7. The molecule has 118 valence electrons. The zero-order chi connectivity index (χ0) is 16.2. The number of hydrogen-bond acceptors (Lipinski definition) is 5. The third-order valence-corrected chi connectivity index (χ3v) is 3.38. The molecule has 0 amide bonds. The van der Waals surface area contributed by atoms with Crippen LogP contribution in [0.1, 0.15) is 21.7 Å². The van der Waals surface area contributed by atoms with E-state index >= 15 is 0 Å². The zero-order valence-corrected chi connectivity index (χ0v) is 13.0. The fourth-order valence-electron chi connectivity index (χ4n) is 2.29. The highest BCUT2D eigenvalue weighted by atomic mass is 16.5. The maximum atomic E-state index is 12.0. The SMILES string of the molecule is Cc1cc(C)n(-c2ccc(C(=O)OCCn3cncn3)cc2)n1. The largest absolute Gasteiger partial charge is 0.460 e. The number of esters is 1. The van der Waals surface area contributed by atoms with Gasteiger partial charge in [0.25, 0.3) is 0 Å². The molecule has 0 spiro atoms. The zero-order valence-electron chi connectivity index (χ0n) is 13.0. The first-order valence-corrected chi connectivity index (χ1v) is 7.27. The molecule has 0 bridgehead atoms. The predicted octanol–water partition coefficient (Wildman–Crippen LogP) is 1.94. The molecular formula is C16H17N5O2. The van der Waals surface area contributed by atoms with Crippen LogP contribution in [0.2, 0.25) is 0 Å². The molecule has 7 heteroatoms. The number of nitrogens with zero attached hydrogens (tertiary/aromatic N) is 5. The Kier molecular flexibility index (Phi) is 4.18. The summed E-state index contributed by atoms with van der Waals surface area (Å²) in [4.78, 5) is 15.8. The van der Waals surface area contributed by atoms with Crippen molar-refractivity contribution in [1.82, 2.24) is 24.5 Å². The highest BCUT2D eigenvalue weighted by Gasteiger charge is 2.09. The lowest BCUT2D eigenvalue weighted by Crippen LogP contribution is -2.12. The molecule has 3 rings (SSSR count). The minimum Gasteiger partial charge on any atom is -0.460 e.